The van der Waals surface area contributed by atoms with E-state index in [1.54, 1.807) is 0 Å². The normalized spacial score (nSPS) is 11.7. The van der Waals surface area contributed by atoms with Gasteiger partial charge in [-0.25, -0.2) is 13.1 Å². The van der Waals surface area contributed by atoms with E-state index in [0.717, 1.165) is 24.1 Å². The highest BCUT2D eigenvalue weighted by atomic mass is 32.2. The summed E-state index contributed by atoms with van der Waals surface area (Å²) >= 11 is 0. The Kier molecular flexibility index (Phi) is 4.98. The number of aryl methyl sites for hydroxylation is 2. The van der Waals surface area contributed by atoms with Gasteiger partial charge < -0.3 is 4.57 Å². The Hall–Kier alpha value is -1.59. The van der Waals surface area contributed by atoms with Crippen LogP contribution >= 0.6 is 0 Å². The summed E-state index contributed by atoms with van der Waals surface area (Å²) in [7, 11) is -3.26. The zero-order chi connectivity index (χ0) is 14.4. The minimum atomic E-state index is -3.26. The van der Waals surface area contributed by atoms with E-state index in [4.69, 9.17) is 0 Å². The first kappa shape index (κ1) is 14.8. The maximum absolute atomic E-state index is 12.0. The zero-order valence-electron chi connectivity index (χ0n) is 11.6. The third kappa shape index (κ3) is 4.51. The molecule has 1 heterocycles. The van der Waals surface area contributed by atoms with Crippen LogP contribution in [0.25, 0.3) is 0 Å². The first-order valence-corrected chi connectivity index (χ1v) is 8.35. The average molecular weight is 292 g/mol. The monoisotopic (exact) mass is 292 g/mol. The number of hydrogen-bond donors (Lipinski definition) is 1. The standard InChI is InChI=1S/C15H20N2O2S/c1-14-7-2-3-8-15(14)13-20(18,19)16-9-6-12-17-10-4-5-11-17/h2-5,7-8,10-11,16H,6,9,12-13H2,1H3. The van der Waals surface area contributed by atoms with Crippen molar-refractivity contribution in [2.24, 2.45) is 0 Å². The van der Waals surface area contributed by atoms with Crippen molar-refractivity contribution in [1.29, 1.82) is 0 Å². The summed E-state index contributed by atoms with van der Waals surface area (Å²) in [5, 5.41) is 0. The molecule has 0 atom stereocenters. The van der Waals surface area contributed by atoms with E-state index in [1.807, 2.05) is 60.3 Å². The molecule has 0 saturated carbocycles. The van der Waals surface area contributed by atoms with E-state index < -0.39 is 10.0 Å². The molecular weight excluding hydrogens is 272 g/mol. The van der Waals surface area contributed by atoms with Crippen LogP contribution in [0.2, 0.25) is 0 Å². The average Bonchev–Trinajstić information content (AvgIpc) is 2.90. The molecule has 1 aromatic heterocycles. The fourth-order valence-electron chi connectivity index (χ4n) is 2.04. The van der Waals surface area contributed by atoms with Crippen LogP contribution in [-0.2, 0) is 22.3 Å². The number of nitrogens with zero attached hydrogens (tertiary/aromatic N) is 1. The van der Waals surface area contributed by atoms with Crippen molar-refractivity contribution in [2.75, 3.05) is 6.54 Å². The highest BCUT2D eigenvalue weighted by Crippen LogP contribution is 2.10. The van der Waals surface area contributed by atoms with Crippen molar-refractivity contribution in [3.63, 3.8) is 0 Å². The fraction of sp³-hybridized carbons (Fsp3) is 0.333. The van der Waals surface area contributed by atoms with E-state index >= 15 is 0 Å². The number of aromatic nitrogens is 1. The first-order valence-electron chi connectivity index (χ1n) is 6.69. The molecule has 5 heteroatoms. The lowest BCUT2D eigenvalue weighted by Gasteiger charge is -2.09. The van der Waals surface area contributed by atoms with Crippen molar-refractivity contribution in [2.45, 2.75) is 25.6 Å². The molecular formula is C15H20N2O2S. The molecule has 0 aliphatic heterocycles. The van der Waals surface area contributed by atoms with Gasteiger partial charge in [0.1, 0.15) is 0 Å². The van der Waals surface area contributed by atoms with E-state index in [-0.39, 0.29) is 5.75 Å². The van der Waals surface area contributed by atoms with Crippen LogP contribution in [-0.4, -0.2) is 19.5 Å². The summed E-state index contributed by atoms with van der Waals surface area (Å²) in [6.07, 6.45) is 4.73. The van der Waals surface area contributed by atoms with Gasteiger partial charge in [0.25, 0.3) is 0 Å². The molecule has 2 aromatic rings. The van der Waals surface area contributed by atoms with Crippen molar-refractivity contribution >= 4 is 10.0 Å². The number of sulfonamides is 1. The van der Waals surface area contributed by atoms with Gasteiger partial charge in [0.2, 0.25) is 10.0 Å². The second-order valence-corrected chi connectivity index (χ2v) is 6.66. The topological polar surface area (TPSA) is 51.1 Å². The molecule has 0 radical (unpaired) electrons. The molecule has 0 fully saturated rings. The second kappa shape index (κ2) is 6.72. The van der Waals surface area contributed by atoms with Gasteiger partial charge in [-0.2, -0.15) is 0 Å². The lowest BCUT2D eigenvalue weighted by Crippen LogP contribution is -2.27. The second-order valence-electron chi connectivity index (χ2n) is 4.85. The number of benzene rings is 1. The summed E-state index contributed by atoms with van der Waals surface area (Å²) in [6.45, 7) is 3.21. The summed E-state index contributed by atoms with van der Waals surface area (Å²) in [4.78, 5) is 0. The molecule has 0 spiro atoms. The Labute approximate surface area is 120 Å². The van der Waals surface area contributed by atoms with E-state index in [2.05, 4.69) is 4.72 Å². The van der Waals surface area contributed by atoms with Gasteiger partial charge in [0.05, 0.1) is 5.75 Å². The van der Waals surface area contributed by atoms with Crippen LogP contribution in [0, 0.1) is 6.92 Å². The molecule has 0 aliphatic carbocycles. The molecule has 0 amide bonds. The van der Waals surface area contributed by atoms with E-state index in [9.17, 15) is 8.42 Å². The minimum absolute atomic E-state index is 0.0448. The predicted molar refractivity (Wildman–Crippen MR) is 80.9 cm³/mol. The van der Waals surface area contributed by atoms with E-state index in [0.29, 0.717) is 6.54 Å². The maximum atomic E-state index is 12.0. The van der Waals surface area contributed by atoms with E-state index in [1.165, 1.54) is 0 Å². The summed E-state index contributed by atoms with van der Waals surface area (Å²) in [5.74, 6) is 0.0448. The summed E-state index contributed by atoms with van der Waals surface area (Å²) < 4.78 is 28.7. The highest BCUT2D eigenvalue weighted by Gasteiger charge is 2.11. The Morgan fingerprint density at radius 1 is 1.10 bits per heavy atom. The number of hydrogen-bond acceptors (Lipinski definition) is 2. The van der Waals surface area contributed by atoms with Crippen molar-refractivity contribution < 1.29 is 8.42 Å². The smallest absolute Gasteiger partial charge is 0.215 e. The van der Waals surface area contributed by atoms with Gasteiger partial charge >= 0.3 is 0 Å². The molecule has 0 unspecified atom stereocenters. The van der Waals surface area contributed by atoms with Crippen molar-refractivity contribution in [1.82, 2.24) is 9.29 Å². The molecule has 4 nitrogen and oxygen atoms in total. The van der Waals surface area contributed by atoms with Crippen LogP contribution in [0.3, 0.4) is 0 Å². The van der Waals surface area contributed by atoms with Gasteiger partial charge in [-0.1, -0.05) is 24.3 Å². The van der Waals surface area contributed by atoms with Gasteiger partial charge in [0.15, 0.2) is 0 Å². The van der Waals surface area contributed by atoms with Crippen LogP contribution in [0.5, 0.6) is 0 Å². The highest BCUT2D eigenvalue weighted by molar-refractivity contribution is 7.88. The molecule has 20 heavy (non-hydrogen) atoms. The Morgan fingerprint density at radius 2 is 1.80 bits per heavy atom. The third-order valence-corrected chi connectivity index (χ3v) is 4.52. The molecule has 2 rings (SSSR count). The van der Waals surface area contributed by atoms with Crippen LogP contribution in [0.4, 0.5) is 0 Å². The van der Waals surface area contributed by atoms with Crippen molar-refractivity contribution in [3.05, 3.63) is 59.9 Å². The lowest BCUT2D eigenvalue weighted by molar-refractivity contribution is 0.569. The summed E-state index contributed by atoms with van der Waals surface area (Å²) in [5.41, 5.74) is 1.86. The quantitative estimate of drug-likeness (QED) is 0.796. The zero-order valence-corrected chi connectivity index (χ0v) is 12.4. The van der Waals surface area contributed by atoms with Crippen LogP contribution < -0.4 is 4.72 Å². The predicted octanol–water partition coefficient (Wildman–Crippen LogP) is 2.31. The molecule has 1 aromatic carbocycles. The Morgan fingerprint density at radius 3 is 2.50 bits per heavy atom. The fourth-order valence-corrected chi connectivity index (χ4v) is 3.33. The molecule has 108 valence electrons. The first-order chi connectivity index (χ1) is 9.57. The third-order valence-electron chi connectivity index (χ3n) is 3.19. The number of nitrogens with one attached hydrogen (secondary N) is 1. The summed E-state index contributed by atoms with van der Waals surface area (Å²) in [6, 6.07) is 11.5. The van der Waals surface area contributed by atoms with Gasteiger partial charge in [0, 0.05) is 25.5 Å². The molecule has 0 bridgehead atoms. The Balaban J connectivity index is 1.81. The van der Waals surface area contributed by atoms with Crippen LogP contribution in [0.1, 0.15) is 17.5 Å². The molecule has 0 saturated heterocycles. The SMILES string of the molecule is Cc1ccccc1CS(=O)(=O)NCCCn1cccc1. The molecule has 0 aliphatic rings. The minimum Gasteiger partial charge on any atom is -0.354 e. The Bertz CT molecular complexity index is 634. The molecule has 1 N–H and O–H groups in total. The van der Waals surface area contributed by atoms with Crippen molar-refractivity contribution in [3.8, 4) is 0 Å². The number of rotatable bonds is 7. The van der Waals surface area contributed by atoms with Gasteiger partial charge in [-0.15, -0.1) is 0 Å². The lowest BCUT2D eigenvalue weighted by atomic mass is 10.1. The van der Waals surface area contributed by atoms with Gasteiger partial charge in [-0.05, 0) is 36.6 Å². The van der Waals surface area contributed by atoms with Crippen LogP contribution in [0.15, 0.2) is 48.8 Å². The van der Waals surface area contributed by atoms with Gasteiger partial charge in [-0.3, -0.25) is 0 Å². The maximum Gasteiger partial charge on any atom is 0.215 e. The largest absolute Gasteiger partial charge is 0.354 e.